The molecule has 18 N–H and O–H groups in total. The number of hydrogen-bond donors (Lipinski definition) is 11. The number of anilines is 4. The Kier molecular flexibility index (Phi) is 28.5. The van der Waals surface area contributed by atoms with Gasteiger partial charge in [-0.15, -0.1) is 0 Å². The minimum absolute atomic E-state index is 0. The van der Waals surface area contributed by atoms with Gasteiger partial charge in [0.05, 0.1) is 22.4 Å². The number of ketones is 4. The molecule has 0 aromatic heterocycles. The van der Waals surface area contributed by atoms with Crippen molar-refractivity contribution in [1.29, 1.82) is 0 Å². The fraction of sp³-hybridized carbons (Fsp3) is 0.277. The largest absolute Gasteiger partial charge is 0.480 e. The highest BCUT2D eigenvalue weighted by atomic mass is 35.5. The minimum Gasteiger partial charge on any atom is -0.480 e. The van der Waals surface area contributed by atoms with E-state index >= 15 is 0 Å². The van der Waals surface area contributed by atoms with Crippen molar-refractivity contribution in [1.82, 2.24) is 5.32 Å². The van der Waals surface area contributed by atoms with E-state index in [1.165, 1.54) is 80.6 Å². The standard InChI is InChI=1S/C17H21ClN2O6.3C10H11ClN2O3.2H2S/c1-4-25-15(23)17(20-10(3)21,16(24)26-5-2)9-14(22)12-7-6-11(18)8-13(12)19;3*11-5-1-2-6(7(12)3-5)9(14)4-8(13)10(15)16;;/h6-8H,4-5,9,19H2,1-3H3,(H,20,21);3*1-3,8H,4,12-13H2,(H,15,16);2*1H2/t;2*8-;;;/m.00.../s1/i;4D2,8D;8D;;;. The van der Waals surface area contributed by atoms with Crippen LogP contribution in [-0.4, -0.2) is 111 Å². The molecule has 0 fully saturated rings. The number of carbonyl (C=O) groups excluding carboxylic acids is 7. The van der Waals surface area contributed by atoms with Crippen LogP contribution in [0.4, 0.5) is 22.7 Å². The van der Waals surface area contributed by atoms with Gasteiger partial charge in [0.15, 0.2) is 23.1 Å². The SMILES string of the molecule is CCOC(=O)C(CC(=O)c1ccc(Cl)cc1N)(NC(C)=O)C(=O)OCC.Nc1cc(Cl)ccc1C(=O)CC(N)C(=O)O.S.S.[2H]C([2H])(C(=O)c1ccc(Cl)cc1N)[C@]([2H])(N)C(=O)O.[2H][C@](N)(CC(=O)c1ccc(Cl)cc1N)C(=O)O. The molecule has 416 valence electrons. The van der Waals surface area contributed by atoms with E-state index in [2.05, 4.69) is 5.32 Å². The lowest BCUT2D eigenvalue weighted by Crippen LogP contribution is -2.62. The number of nitrogens with one attached hydrogen (secondary N) is 1. The lowest BCUT2D eigenvalue weighted by molar-refractivity contribution is -0.167. The Bertz CT molecular complexity index is 2950. The molecule has 3 atom stereocenters. The van der Waals surface area contributed by atoms with Gasteiger partial charge in [-0.1, -0.05) is 46.4 Å². The van der Waals surface area contributed by atoms with Crippen LogP contribution >= 0.6 is 73.4 Å². The van der Waals surface area contributed by atoms with Crippen molar-refractivity contribution in [2.45, 2.75) is 70.0 Å². The number of benzene rings is 4. The Morgan fingerprint density at radius 3 is 1.16 bits per heavy atom. The highest BCUT2D eigenvalue weighted by Crippen LogP contribution is 2.26. The normalized spacial score (nSPS) is 13.1. The number of rotatable bonds is 20. The summed E-state index contributed by atoms with van der Waals surface area (Å²) in [6.07, 6.45) is -4.81. The average molecular weight is 1180 g/mol. The highest BCUT2D eigenvalue weighted by Gasteiger charge is 2.52. The van der Waals surface area contributed by atoms with Crippen molar-refractivity contribution in [3.05, 3.63) is 115 Å². The summed E-state index contributed by atoms with van der Waals surface area (Å²) in [6, 6.07) is 9.73. The Hall–Kier alpha value is -6.68. The third kappa shape index (κ3) is 23.1. The number of nitrogen functional groups attached to an aromatic ring is 4. The van der Waals surface area contributed by atoms with Gasteiger partial charge in [0, 0.05) is 94.0 Å². The second-order valence-corrected chi connectivity index (χ2v) is 16.5. The van der Waals surface area contributed by atoms with Crippen LogP contribution in [0.1, 0.15) is 93.3 Å². The summed E-state index contributed by atoms with van der Waals surface area (Å²) in [6.45, 7) is 4.04. The third-order valence-corrected chi connectivity index (χ3v) is 10.0. The molecule has 0 radical (unpaired) electrons. The Morgan fingerprint density at radius 1 is 0.553 bits per heavy atom. The summed E-state index contributed by atoms with van der Waals surface area (Å²) in [4.78, 5) is 116. The molecular weight excluding hydrogens is 1120 g/mol. The number of aliphatic carboxylic acids is 3. The van der Waals surface area contributed by atoms with Crippen LogP contribution in [0.25, 0.3) is 0 Å². The molecule has 4 rings (SSSR count). The van der Waals surface area contributed by atoms with Gasteiger partial charge in [0.25, 0.3) is 0 Å². The first-order chi connectivity index (χ1) is 35.8. The smallest absolute Gasteiger partial charge is 0.344 e. The van der Waals surface area contributed by atoms with Gasteiger partial charge in [-0.2, -0.15) is 27.0 Å². The Morgan fingerprint density at radius 2 is 0.868 bits per heavy atom. The Balaban J connectivity index is 0. The number of halogens is 4. The zero-order valence-corrected chi connectivity index (χ0v) is 45.4. The summed E-state index contributed by atoms with van der Waals surface area (Å²) < 4.78 is 39.3. The van der Waals surface area contributed by atoms with Crippen LogP contribution in [0.2, 0.25) is 20.1 Å². The van der Waals surface area contributed by atoms with E-state index in [0.29, 0.717) is 15.1 Å². The molecule has 4 aromatic rings. The molecule has 76 heavy (non-hydrogen) atoms. The van der Waals surface area contributed by atoms with Gasteiger partial charge in [0.2, 0.25) is 11.4 Å². The predicted molar refractivity (Wildman–Crippen MR) is 297 cm³/mol. The molecule has 1 amide bonds. The molecule has 0 aliphatic rings. The first kappa shape index (κ1) is 63.6. The van der Waals surface area contributed by atoms with Crippen LogP contribution < -0.4 is 45.5 Å². The fourth-order valence-electron chi connectivity index (χ4n) is 5.61. The number of Topliss-reactive ketones (excluding diaryl/α,β-unsaturated/α-hetero) is 4. The van der Waals surface area contributed by atoms with Gasteiger partial charge in [0.1, 0.15) is 18.1 Å². The topological polar surface area (TPSA) is 444 Å². The molecule has 0 bridgehead atoms. The van der Waals surface area contributed by atoms with E-state index in [-0.39, 0.29) is 96.7 Å². The van der Waals surface area contributed by atoms with Gasteiger partial charge in [-0.3, -0.25) is 38.4 Å². The molecule has 0 saturated carbocycles. The van der Waals surface area contributed by atoms with Gasteiger partial charge in [-0.25, -0.2) is 9.59 Å². The maximum absolute atomic E-state index is 12.7. The monoisotopic (exact) mass is 1180 g/mol. The molecular formula is C47H58Cl4N8O15S2. The van der Waals surface area contributed by atoms with Gasteiger partial charge >= 0.3 is 29.8 Å². The number of amides is 1. The number of ether oxygens (including phenoxy) is 2. The second kappa shape index (κ2) is 34.1. The lowest BCUT2D eigenvalue weighted by atomic mass is 9.89. The molecule has 0 spiro atoms. The quantitative estimate of drug-likeness (QED) is 0.0252. The van der Waals surface area contributed by atoms with Crippen LogP contribution in [0.5, 0.6) is 0 Å². The number of hydrogen-bond acceptors (Lipinski definition) is 19. The molecule has 0 heterocycles. The van der Waals surface area contributed by atoms with E-state index in [9.17, 15) is 47.9 Å². The lowest BCUT2D eigenvalue weighted by Gasteiger charge is -2.29. The fourth-order valence-corrected chi connectivity index (χ4v) is 6.33. The summed E-state index contributed by atoms with van der Waals surface area (Å²) in [7, 11) is 0. The van der Waals surface area contributed by atoms with E-state index in [1.807, 2.05) is 0 Å². The van der Waals surface area contributed by atoms with Crippen molar-refractivity contribution in [3.63, 3.8) is 0 Å². The van der Waals surface area contributed by atoms with E-state index in [1.54, 1.807) is 0 Å². The summed E-state index contributed by atoms with van der Waals surface area (Å²) in [5, 5.41) is 29.5. The molecule has 0 aliphatic carbocycles. The van der Waals surface area contributed by atoms with E-state index in [0.717, 1.165) is 13.0 Å². The van der Waals surface area contributed by atoms with Crippen LogP contribution in [0, 0.1) is 0 Å². The zero-order valence-electron chi connectivity index (χ0n) is 44.3. The zero-order chi connectivity index (χ0) is 60.4. The highest BCUT2D eigenvalue weighted by molar-refractivity contribution is 7.59. The van der Waals surface area contributed by atoms with Crippen LogP contribution in [-0.2, 0) is 38.2 Å². The molecule has 29 heteroatoms. The van der Waals surface area contributed by atoms with Crippen molar-refractivity contribution < 1.29 is 78.2 Å². The summed E-state index contributed by atoms with van der Waals surface area (Å²) in [5.74, 6) is -10.6. The van der Waals surface area contributed by atoms with Crippen molar-refractivity contribution in [2.75, 3.05) is 36.1 Å². The first-order valence-corrected chi connectivity index (χ1v) is 22.4. The number of carboxylic acid groups (broad SMARTS) is 3. The van der Waals surface area contributed by atoms with Crippen molar-refractivity contribution in [2.24, 2.45) is 17.2 Å². The van der Waals surface area contributed by atoms with E-state index in [4.69, 9.17) is 117 Å². The molecule has 4 aromatic carbocycles. The molecule has 1 unspecified atom stereocenters. The number of nitrogens with two attached hydrogens (primary N) is 7. The predicted octanol–water partition coefficient (Wildman–Crippen LogP) is 4.44. The third-order valence-electron chi connectivity index (χ3n) is 9.09. The van der Waals surface area contributed by atoms with E-state index < -0.39 is 102 Å². The first-order valence-electron chi connectivity index (χ1n) is 22.9. The van der Waals surface area contributed by atoms with Gasteiger partial charge in [-0.05, 0) is 86.6 Å². The maximum atomic E-state index is 12.7. The summed E-state index contributed by atoms with van der Waals surface area (Å²) >= 11 is 22.8. The molecule has 0 aliphatic heterocycles. The minimum atomic E-state index is -3.15. The summed E-state index contributed by atoms with van der Waals surface area (Å²) in [5.41, 5.74) is 36.0. The number of carboxylic acids is 3. The van der Waals surface area contributed by atoms with Gasteiger partial charge < -0.3 is 70.2 Å². The van der Waals surface area contributed by atoms with Crippen molar-refractivity contribution >= 4 is 155 Å². The maximum Gasteiger partial charge on any atom is 0.344 e. The van der Waals surface area contributed by atoms with Crippen molar-refractivity contribution in [3.8, 4) is 0 Å². The number of esters is 2. The van der Waals surface area contributed by atoms with Crippen LogP contribution in [0.3, 0.4) is 0 Å². The van der Waals surface area contributed by atoms with Crippen LogP contribution in [0.15, 0.2) is 72.8 Å². The molecule has 0 saturated heterocycles. The second-order valence-electron chi connectivity index (χ2n) is 14.7. The molecule has 23 nitrogen and oxygen atoms in total. The average Bonchev–Trinajstić information content (AvgIpc) is 3.31. The number of carbonyl (C=O) groups is 10. The Labute approximate surface area is 474 Å².